The first-order chi connectivity index (χ1) is 20.3. The van der Waals surface area contributed by atoms with Crippen LogP contribution < -0.4 is 20.9 Å². The van der Waals surface area contributed by atoms with Crippen LogP contribution in [0.25, 0.3) is 10.1 Å². The average molecular weight is 590 g/mol. The second-order valence-electron chi connectivity index (χ2n) is 9.46. The minimum Gasteiger partial charge on any atom is -0.494 e. The Bertz CT molecular complexity index is 1540. The van der Waals surface area contributed by atoms with Gasteiger partial charge in [-0.1, -0.05) is 42.5 Å². The molecule has 4 N–H and O–H groups in total. The molecule has 3 aromatic carbocycles. The van der Waals surface area contributed by atoms with Crippen molar-refractivity contribution in [2.24, 2.45) is 0 Å². The molecule has 4 aromatic rings. The molecule has 10 nitrogen and oxygen atoms in total. The molecule has 0 spiro atoms. The van der Waals surface area contributed by atoms with Gasteiger partial charge in [-0.05, 0) is 59.3 Å². The van der Waals surface area contributed by atoms with E-state index in [9.17, 15) is 19.2 Å². The van der Waals surface area contributed by atoms with Crippen LogP contribution >= 0.6 is 11.3 Å². The number of carbonyl (C=O) groups is 4. The molecule has 11 heteroatoms. The van der Waals surface area contributed by atoms with Gasteiger partial charge in [-0.3, -0.25) is 19.6 Å². The topological polar surface area (TPSA) is 143 Å². The third-order valence-electron chi connectivity index (χ3n) is 6.33. The summed E-state index contributed by atoms with van der Waals surface area (Å²) in [4.78, 5) is 49.1. The van der Waals surface area contributed by atoms with Crippen LogP contribution in [0, 0.1) is 0 Å². The van der Waals surface area contributed by atoms with Gasteiger partial charge in [0.05, 0.1) is 25.0 Å². The number of rotatable bonds is 13. The molecule has 218 valence electrons. The molecular formula is C31H31N3O7S. The first-order valence-electron chi connectivity index (χ1n) is 13.3. The number of ether oxygens (including phenoxy) is 2. The number of benzene rings is 3. The monoisotopic (exact) mass is 589 g/mol. The zero-order valence-electron chi connectivity index (χ0n) is 22.9. The van der Waals surface area contributed by atoms with E-state index in [0.717, 1.165) is 21.2 Å². The van der Waals surface area contributed by atoms with Crippen LogP contribution in [0.5, 0.6) is 5.75 Å². The fourth-order valence-corrected chi connectivity index (χ4v) is 5.19. The highest BCUT2D eigenvalue weighted by Gasteiger charge is 2.21. The van der Waals surface area contributed by atoms with E-state index >= 15 is 0 Å². The molecule has 0 bridgehead atoms. The van der Waals surface area contributed by atoms with Crippen LogP contribution in [0.1, 0.15) is 33.6 Å². The SMILES string of the molecule is COC(=O)[C@H](Cc1ccccc1)NC(=O)CCCOc1ccc(CC(=O)Nc2ccc3sc(C(=O)NO)cc3c2)cc1. The van der Waals surface area contributed by atoms with Crippen LogP contribution in [0.15, 0.2) is 78.9 Å². The maximum atomic E-state index is 12.6. The largest absolute Gasteiger partial charge is 0.494 e. The lowest BCUT2D eigenvalue weighted by atomic mass is 10.1. The van der Waals surface area contributed by atoms with Gasteiger partial charge in [0.1, 0.15) is 11.8 Å². The molecule has 0 unspecified atom stereocenters. The average Bonchev–Trinajstić information content (AvgIpc) is 3.43. The molecule has 0 fully saturated rings. The molecule has 0 radical (unpaired) electrons. The molecule has 0 aliphatic rings. The molecular weight excluding hydrogens is 558 g/mol. The number of esters is 1. The van der Waals surface area contributed by atoms with Gasteiger partial charge < -0.3 is 20.1 Å². The van der Waals surface area contributed by atoms with Crippen LogP contribution in [0.4, 0.5) is 5.69 Å². The number of hydrogen-bond donors (Lipinski definition) is 4. The van der Waals surface area contributed by atoms with Crippen molar-refractivity contribution >= 4 is 50.8 Å². The van der Waals surface area contributed by atoms with Gasteiger partial charge in [0.15, 0.2) is 0 Å². The number of amides is 3. The Labute approximate surface area is 246 Å². The highest BCUT2D eigenvalue weighted by Crippen LogP contribution is 2.28. The smallest absolute Gasteiger partial charge is 0.328 e. The van der Waals surface area contributed by atoms with E-state index in [0.29, 0.717) is 35.8 Å². The molecule has 0 saturated heterocycles. The quantitative estimate of drug-likeness (QED) is 0.0790. The summed E-state index contributed by atoms with van der Waals surface area (Å²) >= 11 is 1.24. The van der Waals surface area contributed by atoms with E-state index in [1.165, 1.54) is 18.4 Å². The summed E-state index contributed by atoms with van der Waals surface area (Å²) < 4.78 is 11.4. The molecule has 1 atom stereocenters. The van der Waals surface area contributed by atoms with Crippen molar-refractivity contribution in [2.45, 2.75) is 31.7 Å². The van der Waals surface area contributed by atoms with Gasteiger partial charge in [0, 0.05) is 23.2 Å². The molecule has 1 aromatic heterocycles. The van der Waals surface area contributed by atoms with Crippen molar-refractivity contribution in [2.75, 3.05) is 19.0 Å². The van der Waals surface area contributed by atoms with Gasteiger partial charge >= 0.3 is 5.97 Å². The number of fused-ring (bicyclic) bond motifs is 1. The number of anilines is 1. The third-order valence-corrected chi connectivity index (χ3v) is 7.45. The zero-order chi connectivity index (χ0) is 29.9. The van der Waals surface area contributed by atoms with Crippen molar-refractivity contribution in [3.05, 3.63) is 94.9 Å². The normalized spacial score (nSPS) is 11.4. The van der Waals surface area contributed by atoms with Crippen molar-refractivity contribution in [3.8, 4) is 5.75 Å². The van der Waals surface area contributed by atoms with Gasteiger partial charge in [-0.25, -0.2) is 10.3 Å². The van der Waals surface area contributed by atoms with Crippen molar-refractivity contribution in [3.63, 3.8) is 0 Å². The fourth-order valence-electron chi connectivity index (χ4n) is 4.26. The van der Waals surface area contributed by atoms with Crippen LogP contribution in [-0.4, -0.2) is 48.7 Å². The lowest BCUT2D eigenvalue weighted by Crippen LogP contribution is -2.43. The highest BCUT2D eigenvalue weighted by atomic mass is 32.1. The Kier molecular flexibility index (Phi) is 10.6. The molecule has 0 aliphatic heterocycles. The summed E-state index contributed by atoms with van der Waals surface area (Å²) in [6.07, 6.45) is 1.14. The third kappa shape index (κ3) is 8.63. The Balaban J connectivity index is 1.19. The number of nitrogens with one attached hydrogen (secondary N) is 3. The van der Waals surface area contributed by atoms with Crippen molar-refractivity contribution < 1.29 is 33.9 Å². The Hall–Kier alpha value is -4.74. The maximum Gasteiger partial charge on any atom is 0.328 e. The summed E-state index contributed by atoms with van der Waals surface area (Å²) in [6.45, 7) is 0.307. The molecule has 1 heterocycles. The Morgan fingerprint density at radius 2 is 1.67 bits per heavy atom. The van der Waals surface area contributed by atoms with E-state index in [1.54, 1.807) is 47.9 Å². The zero-order valence-corrected chi connectivity index (χ0v) is 23.7. The number of methoxy groups -OCH3 is 1. The first-order valence-corrected chi connectivity index (χ1v) is 14.1. The van der Waals surface area contributed by atoms with E-state index in [2.05, 4.69) is 10.6 Å². The molecule has 0 aliphatic carbocycles. The predicted octanol–water partition coefficient (Wildman–Crippen LogP) is 4.26. The fraction of sp³-hybridized carbons (Fsp3) is 0.226. The summed E-state index contributed by atoms with van der Waals surface area (Å²) in [5, 5.41) is 15.2. The van der Waals surface area contributed by atoms with Gasteiger partial charge in [0.2, 0.25) is 11.8 Å². The van der Waals surface area contributed by atoms with Gasteiger partial charge in [-0.15, -0.1) is 11.3 Å². The number of carbonyl (C=O) groups excluding carboxylic acids is 4. The van der Waals surface area contributed by atoms with E-state index in [-0.39, 0.29) is 24.7 Å². The Morgan fingerprint density at radius 3 is 2.38 bits per heavy atom. The summed E-state index contributed by atoms with van der Waals surface area (Å²) in [7, 11) is 1.29. The van der Waals surface area contributed by atoms with Crippen molar-refractivity contribution in [1.82, 2.24) is 10.8 Å². The van der Waals surface area contributed by atoms with Crippen LogP contribution in [0.3, 0.4) is 0 Å². The minimum atomic E-state index is -0.762. The minimum absolute atomic E-state index is 0.157. The number of hydrogen-bond acceptors (Lipinski definition) is 8. The van der Waals surface area contributed by atoms with Gasteiger partial charge in [0.25, 0.3) is 5.91 Å². The second-order valence-corrected chi connectivity index (χ2v) is 10.5. The standard InChI is InChI=1S/C31H31N3O7S/c1-40-31(38)25(16-20-6-3-2-4-7-20)33-28(35)8-5-15-41-24-12-9-21(10-13-24)17-29(36)32-23-11-14-26-22(18-23)19-27(42-26)30(37)34-39/h2-4,6-7,9-14,18-19,25,39H,5,8,15-17H2,1H3,(H,32,36)(H,33,35)(H,34,37)/t25-/m0/s1. The van der Waals surface area contributed by atoms with E-state index in [1.807, 2.05) is 36.4 Å². The maximum absolute atomic E-state index is 12.6. The lowest BCUT2D eigenvalue weighted by Gasteiger charge is -2.16. The molecule has 0 saturated carbocycles. The highest BCUT2D eigenvalue weighted by molar-refractivity contribution is 7.20. The molecule has 4 rings (SSSR count). The summed E-state index contributed by atoms with van der Waals surface area (Å²) in [5.41, 5.74) is 3.93. The summed E-state index contributed by atoms with van der Waals surface area (Å²) in [5.74, 6) is -0.926. The van der Waals surface area contributed by atoms with Crippen LogP contribution in [-0.2, 0) is 32.0 Å². The first kappa shape index (κ1) is 30.2. The Morgan fingerprint density at radius 1 is 0.905 bits per heavy atom. The second kappa shape index (κ2) is 14.8. The molecule has 42 heavy (non-hydrogen) atoms. The number of hydroxylamine groups is 1. The van der Waals surface area contributed by atoms with Gasteiger partial charge in [-0.2, -0.15) is 0 Å². The molecule has 3 amide bonds. The van der Waals surface area contributed by atoms with E-state index < -0.39 is 17.9 Å². The summed E-state index contributed by atoms with van der Waals surface area (Å²) in [6, 6.07) is 22.8. The lowest BCUT2D eigenvalue weighted by molar-refractivity contribution is -0.145. The van der Waals surface area contributed by atoms with Crippen LogP contribution in [0.2, 0.25) is 0 Å². The van der Waals surface area contributed by atoms with E-state index in [4.69, 9.17) is 14.7 Å². The van der Waals surface area contributed by atoms with Crippen molar-refractivity contribution in [1.29, 1.82) is 0 Å². The predicted molar refractivity (Wildman–Crippen MR) is 159 cm³/mol. The number of thiophene rings is 1.